The van der Waals surface area contributed by atoms with Gasteiger partial charge in [0.2, 0.25) is 0 Å². The van der Waals surface area contributed by atoms with E-state index in [1.165, 1.54) is 16.7 Å². The van der Waals surface area contributed by atoms with Crippen LogP contribution < -0.4 is 9.47 Å². The maximum absolute atomic E-state index is 9.92. The molecular weight excluding hydrogens is 290 g/mol. The third-order valence-electron chi connectivity index (χ3n) is 5.97. The quantitative estimate of drug-likeness (QED) is 0.852. The van der Waals surface area contributed by atoms with E-state index >= 15 is 0 Å². The van der Waals surface area contributed by atoms with Crippen LogP contribution in [0.5, 0.6) is 11.5 Å². The number of rotatable bonds is 2. The Morgan fingerprint density at radius 1 is 1.30 bits per heavy atom. The zero-order chi connectivity index (χ0) is 16.2. The molecule has 23 heavy (non-hydrogen) atoms. The highest BCUT2D eigenvalue weighted by Crippen LogP contribution is 2.59. The second-order valence-electron chi connectivity index (χ2n) is 7.13. The number of nitrogens with zero attached hydrogens (tertiary/aromatic N) is 1. The number of allylic oxidation sites excluding steroid dienone is 1. The van der Waals surface area contributed by atoms with Gasteiger partial charge in [0.25, 0.3) is 0 Å². The highest BCUT2D eigenvalue weighted by atomic mass is 16.5. The number of methoxy groups -OCH3 is 2. The summed E-state index contributed by atoms with van der Waals surface area (Å²) in [5, 5.41) is 9.92. The molecule has 3 aliphatic rings. The minimum absolute atomic E-state index is 0.0353. The SMILES string of the molecule is COc1cc2c3c(c1OC)C1(C=CC(O)CC1)CC3N(C)CC2. The van der Waals surface area contributed by atoms with Crippen molar-refractivity contribution < 1.29 is 14.6 Å². The Kier molecular flexibility index (Phi) is 3.43. The van der Waals surface area contributed by atoms with Gasteiger partial charge in [-0.1, -0.05) is 12.2 Å². The predicted octanol–water partition coefficient (Wildman–Crippen LogP) is 2.59. The Morgan fingerprint density at radius 2 is 2.13 bits per heavy atom. The van der Waals surface area contributed by atoms with E-state index in [0.29, 0.717) is 6.04 Å². The molecule has 0 amide bonds. The molecule has 4 heteroatoms. The van der Waals surface area contributed by atoms with E-state index in [2.05, 4.69) is 24.1 Å². The van der Waals surface area contributed by atoms with E-state index in [0.717, 1.165) is 43.7 Å². The van der Waals surface area contributed by atoms with Crippen LogP contribution in [0.4, 0.5) is 0 Å². The average molecular weight is 315 g/mol. The number of aliphatic hydroxyl groups excluding tert-OH is 1. The first-order valence-corrected chi connectivity index (χ1v) is 8.45. The lowest BCUT2D eigenvalue weighted by Gasteiger charge is -2.33. The number of fused-ring (bicyclic) bond motifs is 1. The summed E-state index contributed by atoms with van der Waals surface area (Å²) in [7, 11) is 5.66. The van der Waals surface area contributed by atoms with Crippen molar-refractivity contribution in [1.29, 1.82) is 0 Å². The molecule has 0 fully saturated rings. The lowest BCUT2D eigenvalue weighted by atomic mass is 9.73. The minimum atomic E-state index is -0.318. The van der Waals surface area contributed by atoms with Crippen LogP contribution in [0.2, 0.25) is 0 Å². The third kappa shape index (κ3) is 2.05. The van der Waals surface area contributed by atoms with Crippen LogP contribution in [0.15, 0.2) is 18.2 Å². The van der Waals surface area contributed by atoms with Crippen LogP contribution >= 0.6 is 0 Å². The van der Waals surface area contributed by atoms with Crippen molar-refractivity contribution in [2.75, 3.05) is 27.8 Å². The van der Waals surface area contributed by atoms with Crippen molar-refractivity contribution in [3.63, 3.8) is 0 Å². The van der Waals surface area contributed by atoms with Gasteiger partial charge in [-0.05, 0) is 49.9 Å². The van der Waals surface area contributed by atoms with Gasteiger partial charge in [0.15, 0.2) is 11.5 Å². The van der Waals surface area contributed by atoms with E-state index in [1.807, 2.05) is 6.08 Å². The molecule has 1 heterocycles. The van der Waals surface area contributed by atoms with Gasteiger partial charge in [0.05, 0.1) is 20.3 Å². The van der Waals surface area contributed by atoms with Crippen LogP contribution in [0, 0.1) is 0 Å². The van der Waals surface area contributed by atoms with Gasteiger partial charge in [0.1, 0.15) is 0 Å². The van der Waals surface area contributed by atoms with Crippen molar-refractivity contribution in [2.45, 2.75) is 43.2 Å². The fraction of sp³-hybridized carbons (Fsp3) is 0.579. The Bertz CT molecular complexity index is 669. The van der Waals surface area contributed by atoms with E-state index in [-0.39, 0.29) is 11.5 Å². The first-order valence-electron chi connectivity index (χ1n) is 8.45. The predicted molar refractivity (Wildman–Crippen MR) is 89.3 cm³/mol. The van der Waals surface area contributed by atoms with Gasteiger partial charge in [-0.15, -0.1) is 0 Å². The smallest absolute Gasteiger partial charge is 0.165 e. The molecule has 0 bridgehead atoms. The van der Waals surface area contributed by atoms with E-state index in [9.17, 15) is 5.11 Å². The second-order valence-corrected chi connectivity index (χ2v) is 7.13. The Balaban J connectivity index is 1.98. The molecule has 1 spiro atoms. The molecule has 1 N–H and O–H groups in total. The van der Waals surface area contributed by atoms with E-state index in [4.69, 9.17) is 9.47 Å². The summed E-state index contributed by atoms with van der Waals surface area (Å²) in [5.41, 5.74) is 4.11. The molecule has 4 rings (SSSR count). The van der Waals surface area contributed by atoms with E-state index < -0.39 is 0 Å². The molecule has 3 unspecified atom stereocenters. The highest BCUT2D eigenvalue weighted by molar-refractivity contribution is 5.63. The maximum atomic E-state index is 9.92. The Morgan fingerprint density at radius 3 is 2.78 bits per heavy atom. The zero-order valence-corrected chi connectivity index (χ0v) is 14.1. The van der Waals surface area contributed by atoms with Gasteiger partial charge >= 0.3 is 0 Å². The van der Waals surface area contributed by atoms with Crippen LogP contribution in [-0.2, 0) is 11.8 Å². The molecular formula is C19H25NO3. The van der Waals surface area contributed by atoms with Gasteiger partial charge in [0, 0.05) is 23.6 Å². The summed E-state index contributed by atoms with van der Waals surface area (Å²) < 4.78 is 11.4. The second kappa shape index (κ2) is 5.25. The van der Waals surface area contributed by atoms with Gasteiger partial charge in [-0.3, -0.25) is 4.90 Å². The Labute approximate surface area is 137 Å². The van der Waals surface area contributed by atoms with E-state index in [1.54, 1.807) is 14.2 Å². The van der Waals surface area contributed by atoms with Crippen molar-refractivity contribution in [3.8, 4) is 11.5 Å². The molecule has 0 saturated heterocycles. The molecule has 0 aromatic heterocycles. The van der Waals surface area contributed by atoms with Crippen molar-refractivity contribution in [3.05, 3.63) is 34.9 Å². The lowest BCUT2D eigenvalue weighted by molar-refractivity contribution is 0.172. The summed E-state index contributed by atoms with van der Waals surface area (Å²) in [6, 6.07) is 2.60. The number of benzene rings is 1. The minimum Gasteiger partial charge on any atom is -0.493 e. The summed E-state index contributed by atoms with van der Waals surface area (Å²) in [6.07, 6.45) is 7.77. The monoisotopic (exact) mass is 315 g/mol. The number of ether oxygens (including phenoxy) is 2. The number of likely N-dealkylation sites (N-methyl/N-ethyl adjacent to an activating group) is 1. The maximum Gasteiger partial charge on any atom is 0.165 e. The standard InChI is InChI=1S/C19H25NO3/c1-20-9-6-12-10-15(22-2)18(23-3)17-16(12)14(20)11-19(17)7-4-13(21)5-8-19/h4,7,10,13-14,21H,5-6,8-9,11H2,1-3H3. The molecule has 4 nitrogen and oxygen atoms in total. The van der Waals surface area contributed by atoms with Gasteiger partial charge in [-0.25, -0.2) is 0 Å². The fourth-order valence-electron chi connectivity index (χ4n) is 4.78. The van der Waals surface area contributed by atoms with Crippen molar-refractivity contribution in [2.24, 2.45) is 0 Å². The molecule has 1 aliphatic heterocycles. The molecule has 3 atom stereocenters. The number of hydrogen-bond acceptors (Lipinski definition) is 4. The van der Waals surface area contributed by atoms with Gasteiger partial charge < -0.3 is 14.6 Å². The van der Waals surface area contributed by atoms with Crippen LogP contribution in [0.1, 0.15) is 42.0 Å². The fourth-order valence-corrected chi connectivity index (χ4v) is 4.78. The van der Waals surface area contributed by atoms with Crippen LogP contribution in [0.3, 0.4) is 0 Å². The number of aliphatic hydroxyl groups is 1. The number of hydrogen-bond donors (Lipinski definition) is 1. The largest absolute Gasteiger partial charge is 0.493 e. The van der Waals surface area contributed by atoms with Crippen molar-refractivity contribution in [1.82, 2.24) is 4.90 Å². The third-order valence-corrected chi connectivity index (χ3v) is 5.97. The molecule has 0 radical (unpaired) electrons. The zero-order valence-electron chi connectivity index (χ0n) is 14.1. The topological polar surface area (TPSA) is 41.9 Å². The highest BCUT2D eigenvalue weighted by Gasteiger charge is 2.49. The summed E-state index contributed by atoms with van der Waals surface area (Å²) in [6.45, 7) is 1.08. The average Bonchev–Trinajstić information content (AvgIpc) is 2.90. The summed E-state index contributed by atoms with van der Waals surface area (Å²) >= 11 is 0. The first kappa shape index (κ1) is 15.0. The molecule has 1 aromatic carbocycles. The molecule has 124 valence electrons. The summed E-state index contributed by atoms with van der Waals surface area (Å²) in [4.78, 5) is 2.46. The normalized spacial score (nSPS) is 32.2. The molecule has 1 aromatic rings. The lowest BCUT2D eigenvalue weighted by Crippen LogP contribution is -2.32. The van der Waals surface area contributed by atoms with Gasteiger partial charge in [-0.2, -0.15) is 0 Å². The van der Waals surface area contributed by atoms with Crippen molar-refractivity contribution >= 4 is 0 Å². The first-order chi connectivity index (χ1) is 11.1. The molecule has 0 saturated carbocycles. The molecule has 2 aliphatic carbocycles. The van der Waals surface area contributed by atoms with Crippen LogP contribution in [0.25, 0.3) is 0 Å². The van der Waals surface area contributed by atoms with Crippen LogP contribution in [-0.4, -0.2) is 43.9 Å². The summed E-state index contributed by atoms with van der Waals surface area (Å²) in [5.74, 6) is 1.72. The Hall–Kier alpha value is -1.52.